The van der Waals surface area contributed by atoms with Gasteiger partial charge in [-0.1, -0.05) is 30.3 Å². The van der Waals surface area contributed by atoms with Gasteiger partial charge in [-0.15, -0.1) is 0 Å². The summed E-state index contributed by atoms with van der Waals surface area (Å²) in [7, 11) is 0. The summed E-state index contributed by atoms with van der Waals surface area (Å²) >= 11 is 0. The van der Waals surface area contributed by atoms with Gasteiger partial charge in [0.15, 0.2) is 0 Å². The summed E-state index contributed by atoms with van der Waals surface area (Å²) in [6, 6.07) is 15.3. The van der Waals surface area contributed by atoms with Crippen molar-refractivity contribution in [2.45, 2.75) is 32.5 Å². The van der Waals surface area contributed by atoms with E-state index in [9.17, 15) is 18.8 Å². The van der Waals surface area contributed by atoms with E-state index < -0.39 is 11.4 Å². The van der Waals surface area contributed by atoms with Crippen molar-refractivity contribution in [1.82, 2.24) is 20.1 Å². The standard InChI is InChI=1S/C24H25FN4O3/c1-3-29-22(31)20-12-17-6-4-5-7-19(17)28(20)15-24(29,2)23(32)27-14-21(30)26-13-16-8-10-18(25)11-9-16/h4-12H,3,13-15H2,1-2H3,(H,26,30)(H,27,32). The van der Waals surface area contributed by atoms with Gasteiger partial charge in [-0.25, -0.2) is 4.39 Å². The molecule has 0 spiro atoms. The van der Waals surface area contributed by atoms with Gasteiger partial charge in [0.1, 0.15) is 17.1 Å². The zero-order valence-electron chi connectivity index (χ0n) is 18.0. The molecule has 1 atom stereocenters. The second-order valence-corrected chi connectivity index (χ2v) is 8.08. The normalized spacial score (nSPS) is 17.8. The van der Waals surface area contributed by atoms with E-state index in [1.807, 2.05) is 41.8 Å². The van der Waals surface area contributed by atoms with Crippen molar-refractivity contribution in [1.29, 1.82) is 0 Å². The maximum absolute atomic E-state index is 13.2. The van der Waals surface area contributed by atoms with Gasteiger partial charge in [0.2, 0.25) is 11.8 Å². The Balaban J connectivity index is 1.46. The number of amides is 3. The fourth-order valence-corrected chi connectivity index (χ4v) is 4.22. The van der Waals surface area contributed by atoms with Crippen LogP contribution in [-0.2, 0) is 22.7 Å². The minimum Gasteiger partial charge on any atom is -0.350 e. The summed E-state index contributed by atoms with van der Waals surface area (Å²) in [5.74, 6) is -1.33. The highest BCUT2D eigenvalue weighted by Gasteiger charge is 2.46. The monoisotopic (exact) mass is 436 g/mol. The third-order valence-corrected chi connectivity index (χ3v) is 5.95. The largest absolute Gasteiger partial charge is 0.350 e. The first-order chi connectivity index (χ1) is 15.3. The zero-order valence-corrected chi connectivity index (χ0v) is 18.0. The molecule has 0 bridgehead atoms. The molecular formula is C24H25FN4O3. The summed E-state index contributed by atoms with van der Waals surface area (Å²) in [5, 5.41) is 6.31. The fourth-order valence-electron chi connectivity index (χ4n) is 4.22. The molecule has 0 saturated carbocycles. The third kappa shape index (κ3) is 3.84. The number of para-hydroxylation sites is 1. The average molecular weight is 436 g/mol. The third-order valence-electron chi connectivity index (χ3n) is 5.95. The minimum atomic E-state index is -1.14. The van der Waals surface area contributed by atoms with Crippen molar-refractivity contribution in [3.05, 3.63) is 71.7 Å². The van der Waals surface area contributed by atoms with Gasteiger partial charge in [0, 0.05) is 24.0 Å². The Morgan fingerprint density at radius 1 is 1.09 bits per heavy atom. The topological polar surface area (TPSA) is 83.4 Å². The highest BCUT2D eigenvalue weighted by Crippen LogP contribution is 2.32. The molecule has 166 valence electrons. The summed E-state index contributed by atoms with van der Waals surface area (Å²) in [6.07, 6.45) is 0. The molecule has 3 aromatic rings. The molecule has 2 aromatic carbocycles. The number of carbonyl (C=O) groups is 3. The SMILES string of the molecule is CCN1C(=O)c2cc3ccccc3n2CC1(C)C(=O)NCC(=O)NCc1ccc(F)cc1. The van der Waals surface area contributed by atoms with Gasteiger partial charge >= 0.3 is 0 Å². The van der Waals surface area contributed by atoms with Gasteiger partial charge in [0.05, 0.1) is 13.1 Å². The van der Waals surface area contributed by atoms with E-state index in [1.165, 1.54) is 12.1 Å². The highest BCUT2D eigenvalue weighted by molar-refractivity contribution is 6.04. The van der Waals surface area contributed by atoms with Crippen molar-refractivity contribution < 1.29 is 18.8 Å². The molecule has 2 N–H and O–H groups in total. The van der Waals surface area contributed by atoms with Crippen LogP contribution in [0.15, 0.2) is 54.6 Å². The number of benzene rings is 2. The molecular weight excluding hydrogens is 411 g/mol. The molecule has 0 radical (unpaired) electrons. The van der Waals surface area contributed by atoms with Crippen molar-refractivity contribution >= 4 is 28.6 Å². The number of aromatic nitrogens is 1. The first-order valence-corrected chi connectivity index (χ1v) is 10.5. The van der Waals surface area contributed by atoms with Crippen LogP contribution in [0.4, 0.5) is 4.39 Å². The Hall–Kier alpha value is -3.68. The van der Waals surface area contributed by atoms with Crippen LogP contribution in [0.2, 0.25) is 0 Å². The lowest BCUT2D eigenvalue weighted by atomic mass is 9.95. The van der Waals surface area contributed by atoms with Crippen LogP contribution in [0.25, 0.3) is 10.9 Å². The van der Waals surface area contributed by atoms with Crippen LogP contribution in [0.1, 0.15) is 29.9 Å². The Bertz CT molecular complexity index is 1190. The lowest BCUT2D eigenvalue weighted by Crippen LogP contribution is -2.64. The quantitative estimate of drug-likeness (QED) is 0.623. The second kappa shape index (κ2) is 8.45. The molecule has 7 nitrogen and oxygen atoms in total. The van der Waals surface area contributed by atoms with Crippen LogP contribution in [-0.4, -0.2) is 45.8 Å². The first kappa shape index (κ1) is 21.5. The number of likely N-dealkylation sites (N-methyl/N-ethyl adjacent to an activating group) is 1. The Morgan fingerprint density at radius 2 is 1.81 bits per heavy atom. The van der Waals surface area contributed by atoms with Gasteiger partial charge in [-0.2, -0.15) is 0 Å². The van der Waals surface area contributed by atoms with Crippen LogP contribution in [0, 0.1) is 5.82 Å². The molecule has 0 fully saturated rings. The molecule has 4 rings (SSSR count). The van der Waals surface area contributed by atoms with E-state index >= 15 is 0 Å². The number of hydrogen-bond donors (Lipinski definition) is 2. The van der Waals surface area contributed by atoms with Crippen LogP contribution in [0.3, 0.4) is 0 Å². The molecule has 8 heteroatoms. The van der Waals surface area contributed by atoms with Gasteiger partial charge in [-0.05, 0) is 43.7 Å². The molecule has 32 heavy (non-hydrogen) atoms. The Kier molecular flexibility index (Phi) is 5.69. The van der Waals surface area contributed by atoms with Crippen LogP contribution >= 0.6 is 0 Å². The summed E-state index contributed by atoms with van der Waals surface area (Å²) in [4.78, 5) is 40.1. The summed E-state index contributed by atoms with van der Waals surface area (Å²) in [5.41, 5.74) is 1.05. The van der Waals surface area contributed by atoms with E-state index in [1.54, 1.807) is 24.0 Å². The predicted molar refractivity (Wildman–Crippen MR) is 118 cm³/mol. The molecule has 3 amide bonds. The van der Waals surface area contributed by atoms with Crippen LogP contribution < -0.4 is 10.6 Å². The van der Waals surface area contributed by atoms with Crippen molar-refractivity contribution in [3.8, 4) is 0 Å². The van der Waals surface area contributed by atoms with E-state index in [0.717, 1.165) is 16.5 Å². The zero-order chi connectivity index (χ0) is 22.9. The van der Waals surface area contributed by atoms with E-state index in [0.29, 0.717) is 18.8 Å². The molecule has 0 saturated heterocycles. The molecule has 1 aliphatic rings. The maximum Gasteiger partial charge on any atom is 0.271 e. The molecule has 1 unspecified atom stereocenters. The highest BCUT2D eigenvalue weighted by atomic mass is 19.1. The first-order valence-electron chi connectivity index (χ1n) is 10.5. The van der Waals surface area contributed by atoms with E-state index in [4.69, 9.17) is 0 Å². The van der Waals surface area contributed by atoms with Crippen molar-refractivity contribution in [3.63, 3.8) is 0 Å². The molecule has 2 heterocycles. The lowest BCUT2D eigenvalue weighted by Gasteiger charge is -2.43. The molecule has 0 aliphatic carbocycles. The lowest BCUT2D eigenvalue weighted by molar-refractivity contribution is -0.134. The maximum atomic E-state index is 13.2. The number of fused-ring (bicyclic) bond motifs is 3. The number of nitrogens with zero attached hydrogens (tertiary/aromatic N) is 2. The van der Waals surface area contributed by atoms with Gasteiger partial charge < -0.3 is 20.1 Å². The summed E-state index contributed by atoms with van der Waals surface area (Å²) in [6.45, 7) is 4.21. The van der Waals surface area contributed by atoms with Crippen LogP contribution in [0.5, 0.6) is 0 Å². The van der Waals surface area contributed by atoms with Crippen molar-refractivity contribution in [2.24, 2.45) is 0 Å². The van der Waals surface area contributed by atoms with E-state index in [-0.39, 0.29) is 30.7 Å². The second-order valence-electron chi connectivity index (χ2n) is 8.08. The average Bonchev–Trinajstić information content (AvgIpc) is 3.16. The number of halogens is 1. The number of rotatable bonds is 6. The number of nitrogens with one attached hydrogen (secondary N) is 2. The predicted octanol–water partition coefficient (Wildman–Crippen LogP) is 2.45. The smallest absolute Gasteiger partial charge is 0.271 e. The van der Waals surface area contributed by atoms with Gasteiger partial charge in [0.25, 0.3) is 5.91 Å². The molecule has 1 aliphatic heterocycles. The fraction of sp³-hybridized carbons (Fsp3) is 0.292. The van der Waals surface area contributed by atoms with E-state index in [2.05, 4.69) is 10.6 Å². The number of carbonyl (C=O) groups excluding carboxylic acids is 3. The Morgan fingerprint density at radius 3 is 2.53 bits per heavy atom. The number of hydrogen-bond acceptors (Lipinski definition) is 3. The molecule has 1 aromatic heterocycles. The van der Waals surface area contributed by atoms with Crippen molar-refractivity contribution in [2.75, 3.05) is 13.1 Å². The summed E-state index contributed by atoms with van der Waals surface area (Å²) < 4.78 is 14.9. The Labute approximate surface area is 185 Å². The van der Waals surface area contributed by atoms with Gasteiger partial charge in [-0.3, -0.25) is 14.4 Å². The minimum absolute atomic E-state index is 0.214.